The van der Waals surface area contributed by atoms with Gasteiger partial charge in [-0.1, -0.05) is 212 Å². The van der Waals surface area contributed by atoms with Gasteiger partial charge in [-0.15, -0.1) is 0 Å². The first-order valence-electron chi connectivity index (χ1n) is 26.3. The van der Waals surface area contributed by atoms with Gasteiger partial charge in [-0.2, -0.15) is 0 Å². The average molecular weight is 1000 g/mol. The van der Waals surface area contributed by atoms with Crippen LogP contribution in [-0.4, -0.2) is 0 Å². The van der Waals surface area contributed by atoms with Crippen molar-refractivity contribution in [3.05, 3.63) is 255 Å². The minimum atomic E-state index is 0.823. The lowest BCUT2D eigenvalue weighted by atomic mass is 9.93. The maximum Gasteiger partial charge on any atom is 0.143 e. The highest BCUT2D eigenvalue weighted by atomic mass is 16.3. The molecular formula is C72H44N2O4. The van der Waals surface area contributed by atoms with E-state index in [0.717, 1.165) is 166 Å². The smallest absolute Gasteiger partial charge is 0.143 e. The van der Waals surface area contributed by atoms with Gasteiger partial charge >= 0.3 is 0 Å². The average Bonchev–Trinajstić information content (AvgIpc) is 4.29. The molecule has 2 N–H and O–H groups in total. The first-order valence-corrected chi connectivity index (χ1v) is 26.3. The van der Waals surface area contributed by atoms with Crippen molar-refractivity contribution in [3.8, 4) is 55.6 Å². The summed E-state index contributed by atoms with van der Waals surface area (Å²) in [6.45, 7) is 0. The zero-order chi connectivity index (χ0) is 51.3. The molecule has 0 unspecified atom stereocenters. The lowest BCUT2D eigenvalue weighted by Crippen LogP contribution is -2.01. The van der Waals surface area contributed by atoms with Crippen molar-refractivity contribution >= 4 is 111 Å². The lowest BCUT2D eigenvalue weighted by molar-refractivity contribution is 0.669. The fourth-order valence-corrected chi connectivity index (χ4v) is 12.0. The Morgan fingerprint density at radius 1 is 0.205 bits per heavy atom. The second kappa shape index (κ2) is 17.5. The molecule has 0 spiro atoms. The Balaban J connectivity index is 0.930. The zero-order valence-corrected chi connectivity index (χ0v) is 41.9. The van der Waals surface area contributed by atoms with Crippen molar-refractivity contribution in [2.45, 2.75) is 0 Å². The van der Waals surface area contributed by atoms with E-state index in [2.05, 4.69) is 217 Å². The van der Waals surface area contributed by atoms with Crippen LogP contribution < -0.4 is 10.6 Å². The van der Waals surface area contributed by atoms with Gasteiger partial charge in [-0.25, -0.2) is 0 Å². The Labute approximate surface area is 447 Å². The van der Waals surface area contributed by atoms with E-state index in [1.54, 1.807) is 0 Å². The molecule has 0 aliphatic carbocycles. The Bertz CT molecular complexity index is 4490. The van der Waals surface area contributed by atoms with Crippen LogP contribution in [0.5, 0.6) is 0 Å². The number of hydrogen-bond acceptors (Lipinski definition) is 6. The molecule has 78 heavy (non-hydrogen) atoms. The molecular weight excluding hydrogens is 957 g/mol. The molecule has 0 aliphatic rings. The number of rotatable bonds is 9. The maximum atomic E-state index is 6.77. The number of fused-ring (bicyclic) bond motifs is 12. The normalized spacial score (nSPS) is 11.8. The van der Waals surface area contributed by atoms with Crippen LogP contribution in [0.3, 0.4) is 0 Å². The van der Waals surface area contributed by atoms with Crippen molar-refractivity contribution in [1.29, 1.82) is 0 Å². The molecule has 16 rings (SSSR count). The van der Waals surface area contributed by atoms with Crippen LogP contribution in [-0.2, 0) is 0 Å². The highest BCUT2D eigenvalue weighted by molar-refractivity contribution is 6.16. The molecule has 0 saturated carbocycles. The van der Waals surface area contributed by atoms with E-state index in [0.29, 0.717) is 0 Å². The van der Waals surface area contributed by atoms with E-state index in [1.807, 2.05) is 48.5 Å². The van der Waals surface area contributed by atoms with Crippen LogP contribution in [0, 0.1) is 0 Å². The molecule has 0 saturated heterocycles. The third-order valence-corrected chi connectivity index (χ3v) is 15.5. The van der Waals surface area contributed by atoms with Crippen LogP contribution in [0.25, 0.3) is 143 Å². The van der Waals surface area contributed by atoms with Gasteiger partial charge in [-0.3, -0.25) is 0 Å². The van der Waals surface area contributed by atoms with Crippen molar-refractivity contribution < 1.29 is 17.7 Å². The third kappa shape index (κ3) is 6.97. The molecule has 4 heterocycles. The molecule has 6 heteroatoms. The van der Waals surface area contributed by atoms with E-state index in [9.17, 15) is 0 Å². The number of benzene rings is 12. The standard InChI is InChI=1S/C72H44N2O4/c1-2-18-43(19-3-1)44-40-45(73-67-51(59-32-14-28-55-47-20-4-8-36-63(47)75-69(55)59)24-12-25-52(67)60-33-15-29-56-48-21-5-9-37-64(48)76-70(56)60)42-46(41-44)74-68-53(61-34-16-30-57-49-22-6-10-38-65(49)77-71(57)61)26-13-27-54(68)62-35-17-31-58-50-23-7-11-39-66(50)78-72(58)62/h1-42,73-74H. The summed E-state index contributed by atoms with van der Waals surface area (Å²) in [6, 6.07) is 89.0. The van der Waals surface area contributed by atoms with Gasteiger partial charge in [0, 0.05) is 99.0 Å². The number of hydrogen-bond donors (Lipinski definition) is 2. The van der Waals surface area contributed by atoms with Crippen LogP contribution in [0.15, 0.2) is 272 Å². The monoisotopic (exact) mass is 1000 g/mol. The summed E-state index contributed by atoms with van der Waals surface area (Å²) in [5, 5.41) is 16.7. The molecule has 0 bridgehead atoms. The van der Waals surface area contributed by atoms with E-state index < -0.39 is 0 Å². The summed E-state index contributed by atoms with van der Waals surface area (Å²) in [4.78, 5) is 0. The highest BCUT2D eigenvalue weighted by Gasteiger charge is 2.24. The predicted octanol–water partition coefficient (Wildman–Crippen LogP) is 21.1. The number of anilines is 4. The molecule has 0 radical (unpaired) electrons. The van der Waals surface area contributed by atoms with Gasteiger partial charge in [0.15, 0.2) is 0 Å². The second-order valence-electron chi connectivity index (χ2n) is 20.0. The summed E-state index contributed by atoms with van der Waals surface area (Å²) in [6.07, 6.45) is 0. The van der Waals surface area contributed by atoms with Crippen molar-refractivity contribution in [2.24, 2.45) is 0 Å². The van der Waals surface area contributed by atoms with Gasteiger partial charge in [-0.05, 0) is 53.6 Å². The van der Waals surface area contributed by atoms with E-state index in [-0.39, 0.29) is 0 Å². The fraction of sp³-hybridized carbons (Fsp3) is 0. The Morgan fingerprint density at radius 3 is 0.808 bits per heavy atom. The van der Waals surface area contributed by atoms with Crippen LogP contribution >= 0.6 is 0 Å². The maximum absolute atomic E-state index is 6.77. The first kappa shape index (κ1) is 43.8. The summed E-state index contributed by atoms with van der Waals surface area (Å²) < 4.78 is 27.1. The summed E-state index contributed by atoms with van der Waals surface area (Å²) in [5.41, 5.74) is 20.1. The van der Waals surface area contributed by atoms with Gasteiger partial charge < -0.3 is 28.3 Å². The molecule has 366 valence electrons. The van der Waals surface area contributed by atoms with Gasteiger partial charge in [0.05, 0.1) is 11.4 Å². The SMILES string of the molecule is c1ccc(-c2cc(Nc3c(-c4cccc5c4oc4ccccc45)cccc3-c3cccc4c3oc3ccccc34)cc(Nc3c(-c4cccc5c4oc4ccccc45)cccc3-c3cccc4c3oc3ccccc34)c2)cc1. The minimum absolute atomic E-state index is 0.823. The third-order valence-electron chi connectivity index (χ3n) is 15.5. The molecule has 12 aromatic carbocycles. The van der Waals surface area contributed by atoms with Crippen LogP contribution in [0.1, 0.15) is 0 Å². The highest BCUT2D eigenvalue weighted by Crippen LogP contribution is 2.49. The van der Waals surface area contributed by atoms with Gasteiger partial charge in [0.1, 0.15) is 44.7 Å². The molecule has 0 amide bonds. The lowest BCUT2D eigenvalue weighted by Gasteiger charge is -2.21. The molecule has 6 nitrogen and oxygen atoms in total. The quantitative estimate of drug-likeness (QED) is 0.150. The Morgan fingerprint density at radius 2 is 0.474 bits per heavy atom. The molecule has 0 fully saturated rings. The first-order chi connectivity index (χ1) is 38.7. The fourth-order valence-electron chi connectivity index (χ4n) is 12.0. The van der Waals surface area contributed by atoms with Crippen LogP contribution in [0.4, 0.5) is 22.7 Å². The topological polar surface area (TPSA) is 76.6 Å². The summed E-state index contributed by atoms with van der Waals surface area (Å²) in [5.74, 6) is 0. The Hall–Kier alpha value is -10.6. The van der Waals surface area contributed by atoms with E-state index in [4.69, 9.17) is 17.7 Å². The number of para-hydroxylation sites is 10. The zero-order valence-electron chi connectivity index (χ0n) is 41.9. The van der Waals surface area contributed by atoms with Gasteiger partial charge in [0.2, 0.25) is 0 Å². The number of furan rings is 4. The second-order valence-corrected chi connectivity index (χ2v) is 20.0. The van der Waals surface area contributed by atoms with Crippen LogP contribution in [0.2, 0.25) is 0 Å². The molecule has 4 aromatic heterocycles. The van der Waals surface area contributed by atoms with Gasteiger partial charge in [0.25, 0.3) is 0 Å². The van der Waals surface area contributed by atoms with Crippen molar-refractivity contribution in [2.75, 3.05) is 10.6 Å². The van der Waals surface area contributed by atoms with Crippen molar-refractivity contribution in [3.63, 3.8) is 0 Å². The summed E-state index contributed by atoms with van der Waals surface area (Å²) >= 11 is 0. The van der Waals surface area contributed by atoms with E-state index in [1.165, 1.54) is 0 Å². The largest absolute Gasteiger partial charge is 0.455 e. The van der Waals surface area contributed by atoms with E-state index >= 15 is 0 Å². The molecule has 0 aliphatic heterocycles. The Kier molecular flexibility index (Phi) is 9.84. The van der Waals surface area contributed by atoms with Crippen molar-refractivity contribution in [1.82, 2.24) is 0 Å². The molecule has 16 aromatic rings. The summed E-state index contributed by atoms with van der Waals surface area (Å²) in [7, 11) is 0. The number of nitrogens with one attached hydrogen (secondary N) is 2. The molecule has 0 atom stereocenters. The predicted molar refractivity (Wildman–Crippen MR) is 322 cm³/mol. The minimum Gasteiger partial charge on any atom is -0.455 e.